The van der Waals surface area contributed by atoms with Gasteiger partial charge in [0.05, 0.1) is 25.6 Å². The highest BCUT2D eigenvalue weighted by molar-refractivity contribution is 9.11. The summed E-state index contributed by atoms with van der Waals surface area (Å²) in [5, 5.41) is 12.1. The second-order valence-electron chi connectivity index (χ2n) is 5.01. The number of aryl methyl sites for hydroxylation is 1. The van der Waals surface area contributed by atoms with Crippen LogP contribution in [0.25, 0.3) is 0 Å². The van der Waals surface area contributed by atoms with Crippen LogP contribution in [0.3, 0.4) is 0 Å². The Kier molecular flexibility index (Phi) is 3.35. The third kappa shape index (κ3) is 2.25. The number of aromatic nitrogens is 2. The molecule has 4 nitrogen and oxygen atoms in total. The van der Waals surface area contributed by atoms with E-state index in [9.17, 15) is 0 Å². The molecule has 0 bridgehead atoms. The Labute approximate surface area is 134 Å². The summed E-state index contributed by atoms with van der Waals surface area (Å²) in [6.07, 6.45) is 2.39. The van der Waals surface area contributed by atoms with Gasteiger partial charge < -0.3 is 5.32 Å². The summed E-state index contributed by atoms with van der Waals surface area (Å²) in [6, 6.07) is 1.89. The molecule has 2 N–H and O–H groups in total. The van der Waals surface area contributed by atoms with Crippen LogP contribution in [-0.2, 0) is 12.0 Å². The smallest absolute Gasteiger partial charge is 0.129 e. The number of nitrogens with zero attached hydrogens (tertiary/aromatic N) is 2. The summed E-state index contributed by atoms with van der Waals surface area (Å²) < 4.78 is 0.983. The van der Waals surface area contributed by atoms with E-state index < -0.39 is 5.54 Å². The quantitative estimate of drug-likeness (QED) is 0.804. The van der Waals surface area contributed by atoms with Gasteiger partial charge in [0.2, 0.25) is 0 Å². The minimum atomic E-state index is -0.418. The molecular formula is C13H12BrClN4S. The predicted molar refractivity (Wildman–Crippen MR) is 84.8 cm³/mol. The molecule has 1 atom stereocenters. The second kappa shape index (κ2) is 4.79. The molecule has 2 aromatic heterocycles. The molecule has 0 fully saturated rings. The zero-order chi connectivity index (χ0) is 14.5. The highest BCUT2D eigenvalue weighted by Crippen LogP contribution is 2.41. The van der Waals surface area contributed by atoms with Crippen LogP contribution < -0.4 is 5.32 Å². The third-order valence-corrected chi connectivity index (χ3v) is 5.65. The maximum atomic E-state index is 8.18. The lowest BCUT2D eigenvalue weighted by atomic mass is 9.87. The number of thiophene rings is 1. The summed E-state index contributed by atoms with van der Waals surface area (Å²) in [5.41, 5.74) is 1.24. The normalized spacial score (nSPS) is 21.5. The molecule has 0 unspecified atom stereocenters. The van der Waals surface area contributed by atoms with Gasteiger partial charge in [-0.05, 0) is 35.8 Å². The standard InChI is InChI=1S/C13H12BrClN4S/c1-6-17-5-7-9(18-6)4-13(2,19-12(7)16)11-8(15)3-10(14)20-11/h3,5H,4H2,1-2H3,(H2,16,19)/t13-/m0/s1. The number of rotatable bonds is 1. The molecule has 0 aromatic carbocycles. The van der Waals surface area contributed by atoms with Crippen molar-refractivity contribution in [3.8, 4) is 0 Å². The lowest BCUT2D eigenvalue weighted by molar-refractivity contribution is 0.424. The molecule has 0 amide bonds. The van der Waals surface area contributed by atoms with E-state index in [1.165, 1.54) is 0 Å². The van der Waals surface area contributed by atoms with E-state index in [1.807, 2.05) is 19.9 Å². The van der Waals surface area contributed by atoms with Crippen molar-refractivity contribution in [2.45, 2.75) is 25.8 Å². The van der Waals surface area contributed by atoms with Gasteiger partial charge in [-0.15, -0.1) is 11.3 Å². The lowest BCUT2D eigenvalue weighted by Crippen LogP contribution is -2.49. The van der Waals surface area contributed by atoms with E-state index in [-0.39, 0.29) is 0 Å². The summed E-state index contributed by atoms with van der Waals surface area (Å²) in [5.74, 6) is 1.06. The first kappa shape index (κ1) is 14.0. The van der Waals surface area contributed by atoms with E-state index in [2.05, 4.69) is 31.2 Å². The Morgan fingerprint density at radius 3 is 2.95 bits per heavy atom. The fourth-order valence-electron chi connectivity index (χ4n) is 2.44. The molecular weight excluding hydrogens is 360 g/mol. The Bertz CT molecular complexity index is 714. The SMILES string of the molecule is Cc1ncc2c(n1)C[C@@](C)(c1sc(Br)cc1Cl)NC2=N. The minimum absolute atomic E-state index is 0.342. The molecule has 0 spiro atoms. The van der Waals surface area contributed by atoms with E-state index in [0.29, 0.717) is 17.3 Å². The van der Waals surface area contributed by atoms with Gasteiger partial charge in [-0.2, -0.15) is 0 Å². The van der Waals surface area contributed by atoms with Gasteiger partial charge in [0, 0.05) is 17.5 Å². The largest absolute Gasteiger partial charge is 0.359 e. The molecule has 2 aromatic rings. The fraction of sp³-hybridized carbons (Fsp3) is 0.308. The number of nitrogens with one attached hydrogen (secondary N) is 2. The zero-order valence-corrected chi connectivity index (χ0v) is 14.1. The summed E-state index contributed by atoms with van der Waals surface area (Å²) in [6.45, 7) is 3.91. The Hall–Kier alpha value is -0.980. The van der Waals surface area contributed by atoms with Crippen LogP contribution in [0.4, 0.5) is 0 Å². The Morgan fingerprint density at radius 2 is 2.30 bits per heavy atom. The lowest BCUT2D eigenvalue weighted by Gasteiger charge is -2.36. The molecule has 7 heteroatoms. The minimum Gasteiger partial charge on any atom is -0.359 e. The maximum absolute atomic E-state index is 8.18. The first-order chi connectivity index (χ1) is 9.39. The third-order valence-electron chi connectivity index (χ3n) is 3.34. The average molecular weight is 372 g/mol. The van der Waals surface area contributed by atoms with Crippen LogP contribution >= 0.6 is 38.9 Å². The van der Waals surface area contributed by atoms with E-state index in [4.69, 9.17) is 17.0 Å². The van der Waals surface area contributed by atoms with Gasteiger partial charge in [-0.3, -0.25) is 5.41 Å². The summed E-state index contributed by atoms with van der Waals surface area (Å²) in [4.78, 5) is 9.65. The summed E-state index contributed by atoms with van der Waals surface area (Å²) >= 11 is 11.4. The van der Waals surface area contributed by atoms with Crippen LogP contribution in [0.1, 0.15) is 28.9 Å². The van der Waals surface area contributed by atoms with E-state index >= 15 is 0 Å². The Morgan fingerprint density at radius 1 is 1.55 bits per heavy atom. The molecule has 104 valence electrons. The van der Waals surface area contributed by atoms with Crippen LogP contribution in [0, 0.1) is 12.3 Å². The topological polar surface area (TPSA) is 61.7 Å². The van der Waals surface area contributed by atoms with Gasteiger partial charge in [-0.1, -0.05) is 11.6 Å². The predicted octanol–water partition coefficient (Wildman–Crippen LogP) is 3.65. The highest BCUT2D eigenvalue weighted by atomic mass is 79.9. The van der Waals surface area contributed by atoms with Crippen molar-refractivity contribution >= 4 is 44.7 Å². The fourth-order valence-corrected chi connectivity index (χ4v) is 4.66. The number of fused-ring (bicyclic) bond motifs is 1. The van der Waals surface area contributed by atoms with Crippen molar-refractivity contribution in [1.29, 1.82) is 5.41 Å². The molecule has 0 saturated carbocycles. The average Bonchev–Trinajstić information content (AvgIpc) is 2.68. The second-order valence-corrected chi connectivity index (χ2v) is 7.85. The molecule has 0 saturated heterocycles. The molecule has 1 aliphatic heterocycles. The van der Waals surface area contributed by atoms with Crippen LogP contribution in [-0.4, -0.2) is 15.8 Å². The van der Waals surface area contributed by atoms with Crippen molar-refractivity contribution in [2.75, 3.05) is 0 Å². The molecule has 20 heavy (non-hydrogen) atoms. The van der Waals surface area contributed by atoms with E-state index in [0.717, 1.165) is 25.7 Å². The molecule has 1 aliphatic rings. The van der Waals surface area contributed by atoms with Crippen LogP contribution in [0.5, 0.6) is 0 Å². The Balaban J connectivity index is 2.10. The van der Waals surface area contributed by atoms with Gasteiger partial charge in [0.1, 0.15) is 11.7 Å². The van der Waals surface area contributed by atoms with E-state index in [1.54, 1.807) is 17.5 Å². The van der Waals surface area contributed by atoms with Crippen molar-refractivity contribution in [3.63, 3.8) is 0 Å². The van der Waals surface area contributed by atoms with Crippen LogP contribution in [0.2, 0.25) is 5.02 Å². The van der Waals surface area contributed by atoms with Crippen molar-refractivity contribution in [3.05, 3.63) is 43.0 Å². The molecule has 0 radical (unpaired) electrons. The number of hydrogen-bond donors (Lipinski definition) is 2. The maximum Gasteiger partial charge on any atom is 0.129 e. The molecule has 3 heterocycles. The monoisotopic (exact) mass is 370 g/mol. The van der Waals surface area contributed by atoms with Crippen molar-refractivity contribution in [2.24, 2.45) is 0 Å². The number of hydrogen-bond acceptors (Lipinski definition) is 4. The molecule has 3 rings (SSSR count). The van der Waals surface area contributed by atoms with Crippen molar-refractivity contribution in [1.82, 2.24) is 15.3 Å². The zero-order valence-electron chi connectivity index (χ0n) is 10.9. The van der Waals surface area contributed by atoms with Gasteiger partial charge in [0.15, 0.2) is 0 Å². The summed E-state index contributed by atoms with van der Waals surface area (Å²) in [7, 11) is 0. The van der Waals surface area contributed by atoms with Gasteiger partial charge >= 0.3 is 0 Å². The highest BCUT2D eigenvalue weighted by Gasteiger charge is 2.37. The van der Waals surface area contributed by atoms with Crippen LogP contribution in [0.15, 0.2) is 16.0 Å². The molecule has 0 aliphatic carbocycles. The van der Waals surface area contributed by atoms with Gasteiger partial charge in [0.25, 0.3) is 0 Å². The first-order valence-corrected chi connectivity index (χ1v) is 8.03. The number of amidine groups is 1. The van der Waals surface area contributed by atoms with Gasteiger partial charge in [-0.25, -0.2) is 9.97 Å². The number of halogens is 2. The first-order valence-electron chi connectivity index (χ1n) is 6.04. The van der Waals surface area contributed by atoms with Crippen molar-refractivity contribution < 1.29 is 0 Å².